The Kier molecular flexibility index (Phi) is 6.84. The lowest BCUT2D eigenvalue weighted by Gasteiger charge is -2.35. The van der Waals surface area contributed by atoms with E-state index < -0.39 is 5.97 Å². The molecule has 0 aromatic heterocycles. The summed E-state index contributed by atoms with van der Waals surface area (Å²) in [7, 11) is 3.23. The van der Waals surface area contributed by atoms with Crippen molar-refractivity contribution in [1.29, 1.82) is 0 Å². The fraction of sp³-hybridized carbons (Fsp3) is 0.733. The number of methoxy groups -OCH3 is 2. The van der Waals surface area contributed by atoms with Gasteiger partial charge in [-0.05, 0) is 25.8 Å². The summed E-state index contributed by atoms with van der Waals surface area (Å²) >= 11 is 0. The van der Waals surface area contributed by atoms with Crippen molar-refractivity contribution < 1.29 is 24.2 Å². The Bertz CT molecular complexity index is 418. The number of carbonyl (C=O) groups excluding carboxylic acids is 1. The van der Waals surface area contributed by atoms with Crippen LogP contribution in [0.5, 0.6) is 0 Å². The lowest BCUT2D eigenvalue weighted by molar-refractivity contribution is -0.142. The van der Waals surface area contributed by atoms with Crippen molar-refractivity contribution >= 4 is 11.9 Å². The number of carboxylic acids is 1. The molecule has 2 atom stereocenters. The summed E-state index contributed by atoms with van der Waals surface area (Å²) in [6.07, 6.45) is 0.199. The Morgan fingerprint density at radius 3 is 2.43 bits per heavy atom. The first-order chi connectivity index (χ1) is 9.90. The van der Waals surface area contributed by atoms with Gasteiger partial charge < -0.3 is 19.5 Å². The van der Waals surface area contributed by atoms with Crippen molar-refractivity contribution in [3.63, 3.8) is 0 Å². The highest BCUT2D eigenvalue weighted by Crippen LogP contribution is 2.23. The predicted molar refractivity (Wildman–Crippen MR) is 78.0 cm³/mol. The first kappa shape index (κ1) is 17.7. The Morgan fingerprint density at radius 1 is 1.24 bits per heavy atom. The molecule has 1 amide bonds. The Labute approximate surface area is 125 Å². The average Bonchev–Trinajstić information content (AvgIpc) is 2.45. The van der Waals surface area contributed by atoms with Crippen LogP contribution < -0.4 is 0 Å². The molecule has 0 bridgehead atoms. The second-order valence-corrected chi connectivity index (χ2v) is 5.38. The average molecular weight is 299 g/mol. The molecule has 21 heavy (non-hydrogen) atoms. The molecule has 0 fully saturated rings. The number of amides is 1. The third-order valence-corrected chi connectivity index (χ3v) is 4.06. The summed E-state index contributed by atoms with van der Waals surface area (Å²) in [4.78, 5) is 24.4. The van der Waals surface area contributed by atoms with E-state index in [0.717, 1.165) is 12.0 Å². The van der Waals surface area contributed by atoms with Crippen LogP contribution in [-0.4, -0.2) is 61.4 Å². The molecule has 1 N–H and O–H groups in total. The zero-order chi connectivity index (χ0) is 16.0. The molecule has 0 radical (unpaired) electrons. The number of hydrogen-bond acceptors (Lipinski definition) is 4. The molecule has 0 unspecified atom stereocenters. The minimum absolute atomic E-state index is 0.0190. The van der Waals surface area contributed by atoms with Gasteiger partial charge in [-0.1, -0.05) is 5.57 Å². The smallest absolute Gasteiger partial charge is 0.303 e. The van der Waals surface area contributed by atoms with Crippen LogP contribution in [0.2, 0.25) is 0 Å². The van der Waals surface area contributed by atoms with Gasteiger partial charge in [-0.2, -0.15) is 0 Å². The van der Waals surface area contributed by atoms with Crippen LogP contribution in [0.1, 0.15) is 33.1 Å². The van der Waals surface area contributed by atoms with Gasteiger partial charge in [0.15, 0.2) is 0 Å². The van der Waals surface area contributed by atoms with Crippen molar-refractivity contribution in [2.45, 2.75) is 45.3 Å². The van der Waals surface area contributed by atoms with Gasteiger partial charge in [-0.15, -0.1) is 0 Å². The van der Waals surface area contributed by atoms with Gasteiger partial charge in [0.1, 0.15) is 12.2 Å². The summed E-state index contributed by atoms with van der Waals surface area (Å²) in [6.45, 7) is 5.05. The molecule has 0 saturated carbocycles. The molecule has 6 nitrogen and oxygen atoms in total. The molecule has 0 aromatic carbocycles. The maximum Gasteiger partial charge on any atom is 0.303 e. The van der Waals surface area contributed by atoms with E-state index >= 15 is 0 Å². The third-order valence-electron chi connectivity index (χ3n) is 4.06. The number of nitrogens with zero attached hydrogens (tertiary/aromatic N) is 1. The van der Waals surface area contributed by atoms with Crippen LogP contribution in [0.15, 0.2) is 11.1 Å². The number of ether oxygens (including phenoxy) is 2. The molecule has 0 aromatic rings. The van der Waals surface area contributed by atoms with Gasteiger partial charge in [-0.3, -0.25) is 9.59 Å². The number of hydrogen-bond donors (Lipinski definition) is 1. The van der Waals surface area contributed by atoms with E-state index in [1.165, 1.54) is 5.57 Å². The standard InChI is InChI=1S/C15H25NO5/c1-10-7-8-16(13(17)5-6-14(18)19)9-12(20-3)15(21-4)11(10)2/h12,15H,5-9H2,1-4H3,(H,18,19)/b11-10-/t12-,15-/m0/s1. The molecular weight excluding hydrogens is 274 g/mol. The molecule has 1 rings (SSSR count). The van der Waals surface area contributed by atoms with Crippen molar-refractivity contribution in [2.75, 3.05) is 27.3 Å². The molecule has 1 heterocycles. The highest BCUT2D eigenvalue weighted by atomic mass is 16.5. The van der Waals surface area contributed by atoms with Crippen LogP contribution in [0.25, 0.3) is 0 Å². The first-order valence-corrected chi connectivity index (χ1v) is 7.12. The second kappa shape index (κ2) is 8.14. The van der Waals surface area contributed by atoms with Gasteiger partial charge in [0.25, 0.3) is 0 Å². The number of carbonyl (C=O) groups is 2. The minimum atomic E-state index is -0.958. The highest BCUT2D eigenvalue weighted by molar-refractivity contribution is 5.80. The maximum absolute atomic E-state index is 12.2. The summed E-state index contributed by atoms with van der Waals surface area (Å²) in [5.41, 5.74) is 2.32. The number of carboxylic acid groups (broad SMARTS) is 1. The molecule has 0 aliphatic carbocycles. The lowest BCUT2D eigenvalue weighted by atomic mass is 9.96. The van der Waals surface area contributed by atoms with Crippen LogP contribution >= 0.6 is 0 Å². The van der Waals surface area contributed by atoms with Gasteiger partial charge in [0, 0.05) is 33.7 Å². The molecular formula is C15H25NO5. The van der Waals surface area contributed by atoms with Gasteiger partial charge in [-0.25, -0.2) is 0 Å². The van der Waals surface area contributed by atoms with Gasteiger partial charge >= 0.3 is 5.97 Å². The number of aliphatic carboxylic acids is 1. The summed E-state index contributed by atoms with van der Waals surface area (Å²) in [6, 6.07) is 0. The minimum Gasteiger partial charge on any atom is -0.481 e. The van der Waals surface area contributed by atoms with Crippen LogP contribution in [0, 0.1) is 0 Å². The van der Waals surface area contributed by atoms with E-state index in [4.69, 9.17) is 14.6 Å². The van der Waals surface area contributed by atoms with E-state index in [9.17, 15) is 9.59 Å². The third kappa shape index (κ3) is 4.82. The molecule has 6 heteroatoms. The van der Waals surface area contributed by atoms with Gasteiger partial charge in [0.05, 0.1) is 6.42 Å². The summed E-state index contributed by atoms with van der Waals surface area (Å²) in [5, 5.41) is 8.69. The van der Waals surface area contributed by atoms with Crippen molar-refractivity contribution in [2.24, 2.45) is 0 Å². The number of rotatable bonds is 5. The zero-order valence-electron chi connectivity index (χ0n) is 13.2. The Morgan fingerprint density at radius 2 is 1.90 bits per heavy atom. The first-order valence-electron chi connectivity index (χ1n) is 7.12. The van der Waals surface area contributed by atoms with Crippen molar-refractivity contribution in [3.8, 4) is 0 Å². The van der Waals surface area contributed by atoms with E-state index in [-0.39, 0.29) is 31.0 Å². The topological polar surface area (TPSA) is 76.1 Å². The summed E-state index contributed by atoms with van der Waals surface area (Å²) in [5.74, 6) is -1.11. The molecule has 1 aliphatic heterocycles. The fourth-order valence-corrected chi connectivity index (χ4v) is 2.55. The largest absolute Gasteiger partial charge is 0.481 e. The lowest BCUT2D eigenvalue weighted by Crippen LogP contribution is -2.46. The maximum atomic E-state index is 12.2. The van der Waals surface area contributed by atoms with Crippen molar-refractivity contribution in [1.82, 2.24) is 4.90 Å². The summed E-state index contributed by atoms with van der Waals surface area (Å²) < 4.78 is 11.0. The Hall–Kier alpha value is -1.40. The van der Waals surface area contributed by atoms with E-state index in [1.807, 2.05) is 13.8 Å². The fourth-order valence-electron chi connectivity index (χ4n) is 2.55. The molecule has 1 aliphatic rings. The van der Waals surface area contributed by atoms with E-state index in [0.29, 0.717) is 13.1 Å². The van der Waals surface area contributed by atoms with Crippen LogP contribution in [0.4, 0.5) is 0 Å². The van der Waals surface area contributed by atoms with E-state index in [2.05, 4.69) is 0 Å². The van der Waals surface area contributed by atoms with Gasteiger partial charge in [0.2, 0.25) is 5.91 Å². The van der Waals surface area contributed by atoms with Crippen LogP contribution in [0.3, 0.4) is 0 Å². The monoisotopic (exact) mass is 299 g/mol. The Balaban J connectivity index is 2.86. The zero-order valence-corrected chi connectivity index (χ0v) is 13.2. The predicted octanol–water partition coefficient (Wildman–Crippen LogP) is 1.45. The normalized spacial score (nSPS) is 27.1. The molecule has 0 spiro atoms. The molecule has 0 saturated heterocycles. The quantitative estimate of drug-likeness (QED) is 0.778. The van der Waals surface area contributed by atoms with E-state index in [1.54, 1.807) is 19.1 Å². The molecule has 120 valence electrons. The SMILES string of the molecule is CO[C@H]1CN(C(=O)CCC(=O)O)CC/C(C)=C(/C)[C@@H]1OC. The van der Waals surface area contributed by atoms with Crippen LogP contribution in [-0.2, 0) is 19.1 Å². The highest BCUT2D eigenvalue weighted by Gasteiger charge is 2.30. The second-order valence-electron chi connectivity index (χ2n) is 5.38. The van der Waals surface area contributed by atoms with Crippen molar-refractivity contribution in [3.05, 3.63) is 11.1 Å².